The van der Waals surface area contributed by atoms with E-state index in [0.717, 1.165) is 6.42 Å². The number of hydrogen-bond donors (Lipinski definition) is 2. The third-order valence-electron chi connectivity index (χ3n) is 4.36. The number of amides is 2. The molecule has 0 radical (unpaired) electrons. The van der Waals surface area contributed by atoms with Crippen LogP contribution < -0.4 is 10.6 Å². The van der Waals surface area contributed by atoms with E-state index in [2.05, 4.69) is 10.6 Å². The van der Waals surface area contributed by atoms with Crippen LogP contribution in [0.2, 0.25) is 0 Å². The molecule has 7 nitrogen and oxygen atoms in total. The summed E-state index contributed by atoms with van der Waals surface area (Å²) in [4.78, 5) is 24.8. The van der Waals surface area contributed by atoms with Gasteiger partial charge in [0.2, 0.25) is 10.0 Å². The average Bonchev–Trinajstić information content (AvgIpc) is 2.73. The molecule has 2 N–H and O–H groups in total. The van der Waals surface area contributed by atoms with E-state index in [0.29, 0.717) is 30.9 Å². The van der Waals surface area contributed by atoms with Crippen LogP contribution in [0.15, 0.2) is 53.4 Å². The average molecular weight is 418 g/mol. The predicted molar refractivity (Wildman–Crippen MR) is 114 cm³/mol. The van der Waals surface area contributed by atoms with Crippen LogP contribution in [-0.4, -0.2) is 44.2 Å². The second kappa shape index (κ2) is 10.2. The Kier molecular flexibility index (Phi) is 7.92. The Morgan fingerprint density at radius 2 is 1.52 bits per heavy atom. The molecular weight excluding hydrogens is 390 g/mol. The number of benzene rings is 2. The molecule has 8 heteroatoms. The topological polar surface area (TPSA) is 95.6 Å². The second-order valence-electron chi connectivity index (χ2n) is 6.41. The number of sulfonamides is 1. The van der Waals surface area contributed by atoms with E-state index in [-0.39, 0.29) is 16.4 Å². The van der Waals surface area contributed by atoms with E-state index < -0.39 is 15.9 Å². The SMILES string of the molecule is CCCNC(=O)c1cccc(NC(=O)c2cccc(S(=O)(=O)N(CC)CC)c2)c1. The summed E-state index contributed by atoms with van der Waals surface area (Å²) < 4.78 is 26.7. The molecule has 0 atom stereocenters. The molecule has 0 spiro atoms. The molecule has 0 saturated carbocycles. The molecule has 0 unspecified atom stereocenters. The number of nitrogens with one attached hydrogen (secondary N) is 2. The first-order valence-electron chi connectivity index (χ1n) is 9.63. The zero-order valence-corrected chi connectivity index (χ0v) is 17.8. The molecule has 29 heavy (non-hydrogen) atoms. The monoisotopic (exact) mass is 417 g/mol. The zero-order valence-electron chi connectivity index (χ0n) is 16.9. The Labute approximate surface area is 172 Å². The maximum Gasteiger partial charge on any atom is 0.255 e. The van der Waals surface area contributed by atoms with Gasteiger partial charge >= 0.3 is 0 Å². The first kappa shape index (κ1) is 22.6. The molecule has 0 aromatic heterocycles. The van der Waals surface area contributed by atoms with Crippen molar-refractivity contribution in [2.75, 3.05) is 25.0 Å². The van der Waals surface area contributed by atoms with Crippen LogP contribution in [0.3, 0.4) is 0 Å². The molecule has 0 aliphatic carbocycles. The van der Waals surface area contributed by atoms with Gasteiger partial charge in [-0.2, -0.15) is 4.31 Å². The molecule has 2 aromatic rings. The van der Waals surface area contributed by atoms with Gasteiger partial charge in [0.25, 0.3) is 11.8 Å². The van der Waals surface area contributed by atoms with Crippen molar-refractivity contribution in [3.8, 4) is 0 Å². The normalized spacial score (nSPS) is 11.3. The summed E-state index contributed by atoms with van der Waals surface area (Å²) in [6.07, 6.45) is 0.828. The number of carbonyl (C=O) groups excluding carboxylic acids is 2. The van der Waals surface area contributed by atoms with Crippen molar-refractivity contribution in [3.63, 3.8) is 0 Å². The van der Waals surface area contributed by atoms with E-state index in [4.69, 9.17) is 0 Å². The van der Waals surface area contributed by atoms with Gasteiger partial charge in [-0.1, -0.05) is 32.9 Å². The molecule has 2 amide bonds. The molecule has 0 heterocycles. The lowest BCUT2D eigenvalue weighted by Crippen LogP contribution is -2.30. The van der Waals surface area contributed by atoms with E-state index in [1.807, 2.05) is 6.92 Å². The van der Waals surface area contributed by atoms with Crippen molar-refractivity contribution in [1.82, 2.24) is 9.62 Å². The van der Waals surface area contributed by atoms with Crippen molar-refractivity contribution in [3.05, 3.63) is 59.7 Å². The van der Waals surface area contributed by atoms with Crippen LogP contribution in [0.4, 0.5) is 5.69 Å². The number of rotatable bonds is 9. The summed E-state index contributed by atoms with van der Waals surface area (Å²) in [7, 11) is -3.66. The van der Waals surface area contributed by atoms with Crippen LogP contribution in [0, 0.1) is 0 Å². The standard InChI is InChI=1S/C21H27N3O4S/c1-4-13-22-20(25)16-9-7-11-18(14-16)23-21(26)17-10-8-12-19(15-17)29(27,28)24(5-2)6-3/h7-12,14-15H,4-6,13H2,1-3H3,(H,22,25)(H,23,26). The fourth-order valence-electron chi connectivity index (χ4n) is 2.79. The van der Waals surface area contributed by atoms with Crippen LogP contribution in [0.25, 0.3) is 0 Å². The summed E-state index contributed by atoms with van der Waals surface area (Å²) in [6, 6.07) is 12.5. The second-order valence-corrected chi connectivity index (χ2v) is 8.35. The highest BCUT2D eigenvalue weighted by Gasteiger charge is 2.22. The van der Waals surface area contributed by atoms with E-state index >= 15 is 0 Å². The Bertz CT molecular complexity index is 969. The van der Waals surface area contributed by atoms with Crippen LogP contribution in [0.5, 0.6) is 0 Å². The van der Waals surface area contributed by atoms with Crippen molar-refractivity contribution in [1.29, 1.82) is 0 Å². The maximum absolute atomic E-state index is 12.7. The van der Waals surface area contributed by atoms with Crippen LogP contribution in [-0.2, 0) is 10.0 Å². The van der Waals surface area contributed by atoms with Crippen molar-refractivity contribution >= 4 is 27.5 Å². The van der Waals surface area contributed by atoms with Gasteiger partial charge in [-0.25, -0.2) is 8.42 Å². The number of carbonyl (C=O) groups is 2. The minimum Gasteiger partial charge on any atom is -0.352 e. The van der Waals surface area contributed by atoms with Gasteiger partial charge in [-0.15, -0.1) is 0 Å². The lowest BCUT2D eigenvalue weighted by Gasteiger charge is -2.18. The summed E-state index contributed by atoms with van der Waals surface area (Å²) in [5.41, 5.74) is 1.12. The van der Waals surface area contributed by atoms with Gasteiger partial charge in [0.05, 0.1) is 4.90 Å². The van der Waals surface area contributed by atoms with Gasteiger partial charge in [0.1, 0.15) is 0 Å². The molecular formula is C21H27N3O4S. The highest BCUT2D eigenvalue weighted by atomic mass is 32.2. The highest BCUT2D eigenvalue weighted by Crippen LogP contribution is 2.18. The lowest BCUT2D eigenvalue weighted by molar-refractivity contribution is 0.0952. The Morgan fingerprint density at radius 1 is 0.897 bits per heavy atom. The molecule has 0 bridgehead atoms. The zero-order chi connectivity index (χ0) is 21.4. The Morgan fingerprint density at radius 3 is 2.14 bits per heavy atom. The molecule has 0 aliphatic rings. The summed E-state index contributed by atoms with van der Waals surface area (Å²) in [5.74, 6) is -0.664. The van der Waals surface area contributed by atoms with Gasteiger partial charge in [0.15, 0.2) is 0 Å². The number of hydrogen-bond acceptors (Lipinski definition) is 4. The molecule has 0 fully saturated rings. The fourth-order valence-corrected chi connectivity index (χ4v) is 4.30. The minimum absolute atomic E-state index is 0.0709. The van der Waals surface area contributed by atoms with Crippen molar-refractivity contribution < 1.29 is 18.0 Å². The van der Waals surface area contributed by atoms with Gasteiger partial charge in [0, 0.05) is 36.4 Å². The highest BCUT2D eigenvalue weighted by molar-refractivity contribution is 7.89. The van der Waals surface area contributed by atoms with Crippen molar-refractivity contribution in [2.45, 2.75) is 32.1 Å². The molecule has 0 aliphatic heterocycles. The fraction of sp³-hybridized carbons (Fsp3) is 0.333. The van der Waals surface area contributed by atoms with E-state index in [1.54, 1.807) is 50.2 Å². The van der Waals surface area contributed by atoms with Gasteiger partial charge in [-0.05, 0) is 42.8 Å². The summed E-state index contributed by atoms with van der Waals surface area (Å²) in [5, 5.41) is 5.50. The Hall–Kier alpha value is -2.71. The third-order valence-corrected chi connectivity index (χ3v) is 6.40. The third kappa shape index (κ3) is 5.65. The van der Waals surface area contributed by atoms with Crippen molar-refractivity contribution in [2.24, 2.45) is 0 Å². The first-order valence-corrected chi connectivity index (χ1v) is 11.1. The summed E-state index contributed by atoms with van der Waals surface area (Å²) >= 11 is 0. The van der Waals surface area contributed by atoms with Gasteiger partial charge in [-0.3, -0.25) is 9.59 Å². The lowest BCUT2D eigenvalue weighted by atomic mass is 10.1. The van der Waals surface area contributed by atoms with Gasteiger partial charge < -0.3 is 10.6 Å². The first-order chi connectivity index (χ1) is 13.8. The van der Waals surface area contributed by atoms with E-state index in [1.165, 1.54) is 16.4 Å². The van der Waals surface area contributed by atoms with Crippen LogP contribution in [0.1, 0.15) is 47.9 Å². The minimum atomic E-state index is -3.66. The van der Waals surface area contributed by atoms with Crippen LogP contribution >= 0.6 is 0 Å². The predicted octanol–water partition coefficient (Wildman–Crippen LogP) is 3.11. The summed E-state index contributed by atoms with van der Waals surface area (Å²) in [6.45, 7) is 6.77. The molecule has 0 saturated heterocycles. The number of nitrogens with zero attached hydrogens (tertiary/aromatic N) is 1. The molecule has 156 valence electrons. The Balaban J connectivity index is 2.21. The molecule has 2 aromatic carbocycles. The smallest absolute Gasteiger partial charge is 0.255 e. The quantitative estimate of drug-likeness (QED) is 0.655. The maximum atomic E-state index is 12.7. The number of anilines is 1. The van der Waals surface area contributed by atoms with E-state index in [9.17, 15) is 18.0 Å². The largest absolute Gasteiger partial charge is 0.352 e. The molecule has 2 rings (SSSR count).